The summed E-state index contributed by atoms with van der Waals surface area (Å²) in [6, 6.07) is 1.63. The Hall–Kier alpha value is -0.300. The maximum Gasteiger partial charge on any atom is 0.00703 e. The second kappa shape index (κ2) is 7.05. The topological polar surface area (TPSA) is 12.0 Å². The molecule has 0 aliphatic carbocycles. The van der Waals surface area contributed by atoms with E-state index >= 15 is 0 Å². The van der Waals surface area contributed by atoms with Gasteiger partial charge in [0.25, 0.3) is 0 Å². The van der Waals surface area contributed by atoms with E-state index in [1.54, 1.807) is 0 Å². The van der Waals surface area contributed by atoms with Crippen molar-refractivity contribution in [2.24, 2.45) is 0 Å². The average molecular weight is 195 g/mol. The van der Waals surface area contributed by atoms with Gasteiger partial charge in [0.15, 0.2) is 0 Å². The molecule has 1 aliphatic rings. The summed E-state index contributed by atoms with van der Waals surface area (Å²) in [7, 11) is 0. The minimum Gasteiger partial charge on any atom is -0.311 e. The van der Waals surface area contributed by atoms with Gasteiger partial charge in [-0.05, 0) is 38.5 Å². The molecule has 0 amide bonds. The molecule has 14 heavy (non-hydrogen) atoms. The number of hydrogen-bond donors (Lipinski definition) is 1. The highest BCUT2D eigenvalue weighted by atomic mass is 15.0. The van der Waals surface area contributed by atoms with Gasteiger partial charge in [-0.2, -0.15) is 0 Å². The largest absolute Gasteiger partial charge is 0.311 e. The molecule has 1 saturated heterocycles. The zero-order valence-electron chi connectivity index (χ0n) is 9.60. The lowest BCUT2D eigenvalue weighted by Crippen LogP contribution is -2.29. The van der Waals surface area contributed by atoms with Crippen LogP contribution in [0, 0.1) is 0 Å². The lowest BCUT2D eigenvalue weighted by atomic mass is 10.1. The first kappa shape index (κ1) is 11.8. The van der Waals surface area contributed by atoms with Crippen LogP contribution < -0.4 is 5.32 Å². The van der Waals surface area contributed by atoms with Crippen molar-refractivity contribution in [3.8, 4) is 0 Å². The molecule has 2 atom stereocenters. The van der Waals surface area contributed by atoms with Crippen molar-refractivity contribution in [3.63, 3.8) is 0 Å². The van der Waals surface area contributed by atoms with Gasteiger partial charge in [-0.1, -0.05) is 25.8 Å². The van der Waals surface area contributed by atoms with E-state index in [0.717, 1.165) is 12.1 Å². The molecular weight excluding hydrogens is 170 g/mol. The van der Waals surface area contributed by atoms with E-state index in [4.69, 9.17) is 0 Å². The van der Waals surface area contributed by atoms with E-state index in [-0.39, 0.29) is 0 Å². The Balaban J connectivity index is 2.04. The third-order valence-electron chi connectivity index (χ3n) is 3.20. The summed E-state index contributed by atoms with van der Waals surface area (Å²) in [6.07, 6.45) is 12.8. The number of nitrogens with one attached hydrogen (secondary N) is 1. The molecule has 0 aromatic rings. The molecule has 0 aromatic carbocycles. The maximum absolute atomic E-state index is 3.76. The van der Waals surface area contributed by atoms with Gasteiger partial charge < -0.3 is 5.32 Å². The van der Waals surface area contributed by atoms with E-state index in [1.165, 1.54) is 51.4 Å². The van der Waals surface area contributed by atoms with Gasteiger partial charge >= 0.3 is 0 Å². The molecule has 1 heterocycles. The monoisotopic (exact) mass is 195 g/mol. The Morgan fingerprint density at radius 1 is 1.21 bits per heavy atom. The molecule has 0 aromatic heterocycles. The molecule has 0 bridgehead atoms. The summed E-state index contributed by atoms with van der Waals surface area (Å²) in [5, 5.41) is 3.75. The predicted molar refractivity (Wildman–Crippen MR) is 63.5 cm³/mol. The van der Waals surface area contributed by atoms with Crippen LogP contribution in [-0.2, 0) is 0 Å². The minimum absolute atomic E-state index is 0.803. The van der Waals surface area contributed by atoms with Gasteiger partial charge in [0.2, 0.25) is 0 Å². The van der Waals surface area contributed by atoms with Crippen LogP contribution in [-0.4, -0.2) is 12.1 Å². The van der Waals surface area contributed by atoms with E-state index in [2.05, 4.69) is 18.8 Å². The summed E-state index contributed by atoms with van der Waals surface area (Å²) in [5.74, 6) is 0. The standard InChI is InChI=1S/C13H25N/c1-3-5-7-9-13-11-10-12(14-13)8-6-4-2/h3,12-14H,1,4-11H2,2H3/t12-,13+/m0/s1. The summed E-state index contributed by atoms with van der Waals surface area (Å²) < 4.78 is 0. The highest BCUT2D eigenvalue weighted by molar-refractivity contribution is 4.83. The second-order valence-corrected chi connectivity index (χ2v) is 4.50. The third-order valence-corrected chi connectivity index (χ3v) is 3.20. The van der Waals surface area contributed by atoms with E-state index in [0.29, 0.717) is 0 Å². The molecular formula is C13H25N. The van der Waals surface area contributed by atoms with Gasteiger partial charge in [0.05, 0.1) is 0 Å². The minimum atomic E-state index is 0.803. The molecule has 1 heteroatoms. The number of unbranched alkanes of at least 4 members (excludes halogenated alkanes) is 2. The SMILES string of the molecule is C=CCCC[C@@H]1CC[C@H](CCCC)N1. The van der Waals surface area contributed by atoms with E-state index < -0.39 is 0 Å². The predicted octanol–water partition coefficient (Wildman–Crippen LogP) is 3.65. The van der Waals surface area contributed by atoms with E-state index in [9.17, 15) is 0 Å². The average Bonchev–Trinajstić information content (AvgIpc) is 2.63. The van der Waals surface area contributed by atoms with Crippen LogP contribution >= 0.6 is 0 Å². The van der Waals surface area contributed by atoms with Crippen LogP contribution in [0.4, 0.5) is 0 Å². The Kier molecular flexibility index (Phi) is 5.93. The number of rotatable bonds is 7. The van der Waals surface area contributed by atoms with Crippen molar-refractivity contribution in [1.29, 1.82) is 0 Å². The highest BCUT2D eigenvalue weighted by Crippen LogP contribution is 2.20. The van der Waals surface area contributed by atoms with Crippen molar-refractivity contribution in [3.05, 3.63) is 12.7 Å². The maximum atomic E-state index is 3.76. The fraction of sp³-hybridized carbons (Fsp3) is 0.846. The molecule has 1 nitrogen and oxygen atoms in total. The summed E-state index contributed by atoms with van der Waals surface area (Å²) in [4.78, 5) is 0. The van der Waals surface area contributed by atoms with Crippen molar-refractivity contribution >= 4 is 0 Å². The molecule has 82 valence electrons. The fourth-order valence-electron chi connectivity index (χ4n) is 2.32. The first-order chi connectivity index (χ1) is 6.86. The van der Waals surface area contributed by atoms with Gasteiger partial charge in [-0.3, -0.25) is 0 Å². The quantitative estimate of drug-likeness (QED) is 0.483. The van der Waals surface area contributed by atoms with Crippen LogP contribution in [0.3, 0.4) is 0 Å². The lowest BCUT2D eigenvalue weighted by Gasteiger charge is -2.13. The first-order valence-electron chi connectivity index (χ1n) is 6.23. The van der Waals surface area contributed by atoms with Gasteiger partial charge in [0.1, 0.15) is 0 Å². The smallest absolute Gasteiger partial charge is 0.00703 e. The van der Waals surface area contributed by atoms with Crippen LogP contribution in [0.2, 0.25) is 0 Å². The molecule has 0 unspecified atom stereocenters. The number of hydrogen-bond acceptors (Lipinski definition) is 1. The van der Waals surface area contributed by atoms with Gasteiger partial charge in [0, 0.05) is 12.1 Å². The van der Waals surface area contributed by atoms with Crippen molar-refractivity contribution in [1.82, 2.24) is 5.32 Å². The second-order valence-electron chi connectivity index (χ2n) is 4.50. The zero-order valence-corrected chi connectivity index (χ0v) is 9.60. The van der Waals surface area contributed by atoms with Crippen LogP contribution in [0.1, 0.15) is 58.3 Å². The Morgan fingerprint density at radius 2 is 1.86 bits per heavy atom. The van der Waals surface area contributed by atoms with Gasteiger partial charge in [-0.25, -0.2) is 0 Å². The molecule has 1 aliphatic heterocycles. The first-order valence-corrected chi connectivity index (χ1v) is 6.23. The van der Waals surface area contributed by atoms with Gasteiger partial charge in [-0.15, -0.1) is 6.58 Å². The normalized spacial score (nSPS) is 26.6. The lowest BCUT2D eigenvalue weighted by molar-refractivity contribution is 0.472. The molecule has 0 spiro atoms. The molecule has 1 N–H and O–H groups in total. The molecule has 0 saturated carbocycles. The zero-order chi connectivity index (χ0) is 10.2. The summed E-state index contributed by atoms with van der Waals surface area (Å²) in [5.41, 5.74) is 0. The van der Waals surface area contributed by atoms with Crippen LogP contribution in [0.25, 0.3) is 0 Å². The highest BCUT2D eigenvalue weighted by Gasteiger charge is 2.21. The Bertz CT molecular complexity index is 153. The number of allylic oxidation sites excluding steroid dienone is 1. The molecule has 1 fully saturated rings. The molecule has 1 rings (SSSR count). The Morgan fingerprint density at radius 3 is 2.43 bits per heavy atom. The van der Waals surface area contributed by atoms with Crippen LogP contribution in [0.15, 0.2) is 12.7 Å². The summed E-state index contributed by atoms with van der Waals surface area (Å²) in [6.45, 7) is 6.03. The van der Waals surface area contributed by atoms with Crippen molar-refractivity contribution in [2.45, 2.75) is 70.4 Å². The molecule has 0 radical (unpaired) electrons. The van der Waals surface area contributed by atoms with Crippen molar-refractivity contribution < 1.29 is 0 Å². The van der Waals surface area contributed by atoms with Crippen LogP contribution in [0.5, 0.6) is 0 Å². The summed E-state index contributed by atoms with van der Waals surface area (Å²) >= 11 is 0. The third kappa shape index (κ3) is 4.28. The van der Waals surface area contributed by atoms with Crippen molar-refractivity contribution in [2.75, 3.05) is 0 Å². The Labute approximate surface area is 89.0 Å². The van der Waals surface area contributed by atoms with E-state index in [1.807, 2.05) is 6.08 Å². The fourth-order valence-corrected chi connectivity index (χ4v) is 2.32.